The van der Waals surface area contributed by atoms with Gasteiger partial charge in [-0.3, -0.25) is 0 Å². The van der Waals surface area contributed by atoms with E-state index in [1.165, 1.54) is 5.56 Å². The molecule has 0 spiro atoms. The summed E-state index contributed by atoms with van der Waals surface area (Å²) in [6.45, 7) is 18.6. The normalized spacial score (nSPS) is 14.2. The van der Waals surface area contributed by atoms with E-state index in [-0.39, 0.29) is 16.2 Å². The Balaban J connectivity index is 3.31. The first-order valence-corrected chi connectivity index (χ1v) is 6.94. The zero-order valence-electron chi connectivity index (χ0n) is 12.1. The molecule has 0 amide bonds. The lowest BCUT2D eigenvalue weighted by Gasteiger charge is -2.40. The van der Waals surface area contributed by atoms with Crippen molar-refractivity contribution in [2.24, 2.45) is 5.41 Å². The van der Waals surface area contributed by atoms with Crippen LogP contribution in [0.5, 0.6) is 0 Å². The fraction of sp³-hybridized carbons (Fsp3) is 0.733. The third-order valence-corrected chi connectivity index (χ3v) is 5.15. The highest BCUT2D eigenvalue weighted by Crippen LogP contribution is 2.46. The summed E-state index contributed by atoms with van der Waals surface area (Å²) in [5.74, 6) is 0. The van der Waals surface area contributed by atoms with Crippen molar-refractivity contribution >= 4 is 11.3 Å². The Morgan fingerprint density at radius 3 is 1.75 bits per heavy atom. The van der Waals surface area contributed by atoms with Crippen molar-refractivity contribution in [3.8, 4) is 0 Å². The van der Waals surface area contributed by atoms with Crippen molar-refractivity contribution in [2.45, 2.75) is 66.2 Å². The largest absolute Gasteiger partial charge is 0.148 e. The summed E-state index contributed by atoms with van der Waals surface area (Å²) in [5, 5.41) is 2.24. The van der Waals surface area contributed by atoms with Gasteiger partial charge < -0.3 is 0 Å². The van der Waals surface area contributed by atoms with Crippen molar-refractivity contribution in [2.75, 3.05) is 0 Å². The van der Waals surface area contributed by atoms with Crippen molar-refractivity contribution in [1.29, 1.82) is 0 Å². The molecule has 92 valence electrons. The Hall–Kier alpha value is -0.300. The molecule has 0 radical (unpaired) electrons. The highest BCUT2D eigenvalue weighted by molar-refractivity contribution is 7.10. The number of hydrogen-bond acceptors (Lipinski definition) is 1. The van der Waals surface area contributed by atoms with E-state index >= 15 is 0 Å². The minimum absolute atomic E-state index is 0.226. The van der Waals surface area contributed by atoms with Gasteiger partial charge in [-0.05, 0) is 27.8 Å². The Kier molecular flexibility index (Phi) is 3.33. The zero-order chi connectivity index (χ0) is 12.8. The highest BCUT2D eigenvalue weighted by Gasteiger charge is 2.38. The lowest BCUT2D eigenvalue weighted by molar-refractivity contribution is 0.227. The second-order valence-corrected chi connectivity index (χ2v) is 8.20. The van der Waals surface area contributed by atoms with Crippen LogP contribution in [0.2, 0.25) is 0 Å². The van der Waals surface area contributed by atoms with E-state index in [0.717, 1.165) is 0 Å². The predicted molar refractivity (Wildman–Crippen MR) is 75.5 cm³/mol. The van der Waals surface area contributed by atoms with Crippen molar-refractivity contribution in [3.05, 3.63) is 21.9 Å². The summed E-state index contributed by atoms with van der Waals surface area (Å²) >= 11 is 1.91. The molecule has 0 aliphatic rings. The maximum atomic E-state index is 2.37. The minimum Gasteiger partial charge on any atom is -0.148 e. The van der Waals surface area contributed by atoms with Gasteiger partial charge in [-0.15, -0.1) is 11.3 Å². The first-order chi connectivity index (χ1) is 6.98. The van der Waals surface area contributed by atoms with Crippen LogP contribution in [0.3, 0.4) is 0 Å². The van der Waals surface area contributed by atoms with Gasteiger partial charge in [0.15, 0.2) is 0 Å². The molecule has 0 aliphatic carbocycles. The maximum absolute atomic E-state index is 2.37. The molecule has 1 aromatic heterocycles. The molecule has 1 heteroatoms. The summed E-state index contributed by atoms with van der Waals surface area (Å²) in [6.07, 6.45) is 0. The van der Waals surface area contributed by atoms with E-state index in [4.69, 9.17) is 0 Å². The second-order valence-electron chi connectivity index (χ2n) is 7.29. The molecular weight excluding hydrogens is 212 g/mol. The Labute approximate surface area is 105 Å². The van der Waals surface area contributed by atoms with E-state index in [1.807, 2.05) is 11.3 Å². The molecule has 0 unspecified atom stereocenters. The standard InChI is InChI=1S/C15H26S/c1-13(2,3)11-9-10-16-12(11)15(7,8)14(4,5)6/h9-10H,1-8H3. The molecular formula is C15H26S. The lowest BCUT2D eigenvalue weighted by Crippen LogP contribution is -2.35. The van der Waals surface area contributed by atoms with Crippen LogP contribution in [-0.4, -0.2) is 0 Å². The van der Waals surface area contributed by atoms with Crippen molar-refractivity contribution in [3.63, 3.8) is 0 Å². The molecule has 0 N–H and O–H groups in total. The van der Waals surface area contributed by atoms with E-state index in [2.05, 4.69) is 66.8 Å². The van der Waals surface area contributed by atoms with Crippen LogP contribution in [-0.2, 0) is 10.8 Å². The first kappa shape index (κ1) is 13.8. The highest BCUT2D eigenvalue weighted by atomic mass is 32.1. The molecule has 0 saturated heterocycles. The van der Waals surface area contributed by atoms with Crippen molar-refractivity contribution < 1.29 is 0 Å². The van der Waals surface area contributed by atoms with Crippen LogP contribution in [0.1, 0.15) is 65.8 Å². The molecule has 0 fully saturated rings. The van der Waals surface area contributed by atoms with Crippen LogP contribution in [0.15, 0.2) is 11.4 Å². The van der Waals surface area contributed by atoms with Gasteiger partial charge in [0.2, 0.25) is 0 Å². The molecule has 1 aromatic rings. The summed E-state index contributed by atoms with van der Waals surface area (Å²) in [4.78, 5) is 1.55. The molecule has 0 aliphatic heterocycles. The molecule has 0 atom stereocenters. The molecule has 16 heavy (non-hydrogen) atoms. The maximum Gasteiger partial charge on any atom is 0.0144 e. The van der Waals surface area contributed by atoms with Gasteiger partial charge in [0, 0.05) is 10.3 Å². The Bertz CT molecular complexity index is 356. The van der Waals surface area contributed by atoms with Crippen LogP contribution >= 0.6 is 11.3 Å². The van der Waals surface area contributed by atoms with E-state index < -0.39 is 0 Å². The fourth-order valence-electron chi connectivity index (χ4n) is 1.72. The summed E-state index contributed by atoms with van der Waals surface area (Å²) in [6, 6.07) is 2.30. The van der Waals surface area contributed by atoms with Gasteiger partial charge in [-0.1, -0.05) is 55.4 Å². The first-order valence-electron chi connectivity index (χ1n) is 6.06. The molecule has 0 nitrogen and oxygen atoms in total. The van der Waals surface area contributed by atoms with Crippen LogP contribution < -0.4 is 0 Å². The predicted octanol–water partition coefficient (Wildman–Crippen LogP) is 5.37. The average Bonchev–Trinajstić information content (AvgIpc) is 2.47. The van der Waals surface area contributed by atoms with Gasteiger partial charge in [0.05, 0.1) is 0 Å². The number of hydrogen-bond donors (Lipinski definition) is 0. The topological polar surface area (TPSA) is 0 Å². The number of thiophene rings is 1. The molecule has 1 rings (SSSR count). The second kappa shape index (κ2) is 3.87. The summed E-state index contributed by atoms with van der Waals surface area (Å²) in [7, 11) is 0. The number of rotatable bonds is 1. The van der Waals surface area contributed by atoms with Crippen LogP contribution in [0.4, 0.5) is 0 Å². The van der Waals surface area contributed by atoms with Gasteiger partial charge in [0.25, 0.3) is 0 Å². The van der Waals surface area contributed by atoms with Gasteiger partial charge in [-0.2, -0.15) is 0 Å². The van der Waals surface area contributed by atoms with Crippen molar-refractivity contribution in [1.82, 2.24) is 0 Å². The van der Waals surface area contributed by atoms with E-state index in [1.54, 1.807) is 4.88 Å². The smallest absolute Gasteiger partial charge is 0.0144 e. The molecule has 0 aromatic carbocycles. The SMILES string of the molecule is CC(C)(C)c1ccsc1C(C)(C)C(C)(C)C. The van der Waals surface area contributed by atoms with Gasteiger partial charge >= 0.3 is 0 Å². The van der Waals surface area contributed by atoms with E-state index in [0.29, 0.717) is 0 Å². The summed E-state index contributed by atoms with van der Waals surface area (Å²) in [5.41, 5.74) is 2.27. The monoisotopic (exact) mass is 238 g/mol. The Morgan fingerprint density at radius 2 is 1.38 bits per heavy atom. The van der Waals surface area contributed by atoms with Gasteiger partial charge in [-0.25, -0.2) is 0 Å². The third kappa shape index (κ3) is 2.34. The molecule has 1 heterocycles. The summed E-state index contributed by atoms with van der Waals surface area (Å²) < 4.78 is 0. The average molecular weight is 238 g/mol. The molecule has 0 bridgehead atoms. The lowest BCUT2D eigenvalue weighted by atomic mass is 9.66. The Morgan fingerprint density at radius 1 is 0.875 bits per heavy atom. The van der Waals surface area contributed by atoms with Gasteiger partial charge in [0.1, 0.15) is 0 Å². The zero-order valence-corrected chi connectivity index (χ0v) is 12.9. The van der Waals surface area contributed by atoms with Crippen LogP contribution in [0.25, 0.3) is 0 Å². The molecule has 0 saturated carbocycles. The van der Waals surface area contributed by atoms with Crippen LogP contribution in [0, 0.1) is 5.41 Å². The minimum atomic E-state index is 0.226. The van der Waals surface area contributed by atoms with E-state index in [9.17, 15) is 0 Å². The third-order valence-electron chi connectivity index (χ3n) is 3.92. The fourth-order valence-corrected chi connectivity index (χ4v) is 3.17. The quantitative estimate of drug-likeness (QED) is 0.617.